The minimum absolute atomic E-state index is 0.0567. The van der Waals surface area contributed by atoms with Gasteiger partial charge in [-0.15, -0.1) is 0 Å². The molecule has 0 radical (unpaired) electrons. The smallest absolute Gasteiger partial charge is 0.251 e. The molecule has 2 aromatic rings. The second-order valence-electron chi connectivity index (χ2n) is 5.78. The molecular weight excluding hydrogens is 324 g/mol. The summed E-state index contributed by atoms with van der Waals surface area (Å²) in [6.07, 6.45) is 1.83. The molecule has 24 heavy (non-hydrogen) atoms. The van der Waals surface area contributed by atoms with Crippen LogP contribution in [0.1, 0.15) is 10.4 Å². The summed E-state index contributed by atoms with van der Waals surface area (Å²) >= 11 is 5.83. The van der Waals surface area contributed by atoms with Crippen LogP contribution in [0, 0.1) is 0 Å². The van der Waals surface area contributed by atoms with Crippen molar-refractivity contribution in [3.63, 3.8) is 0 Å². The molecule has 1 amide bonds. The van der Waals surface area contributed by atoms with Crippen molar-refractivity contribution in [1.29, 1.82) is 0 Å². The number of rotatable bonds is 5. The van der Waals surface area contributed by atoms with Gasteiger partial charge in [0.2, 0.25) is 0 Å². The van der Waals surface area contributed by atoms with Crippen molar-refractivity contribution >= 4 is 23.3 Å². The van der Waals surface area contributed by atoms with Crippen molar-refractivity contribution in [2.75, 3.05) is 44.2 Å². The fraction of sp³-hybridized carbons (Fsp3) is 0.333. The highest BCUT2D eigenvalue weighted by molar-refractivity contribution is 6.30. The van der Waals surface area contributed by atoms with E-state index in [1.165, 1.54) is 0 Å². The van der Waals surface area contributed by atoms with E-state index in [2.05, 4.69) is 20.1 Å². The zero-order chi connectivity index (χ0) is 16.8. The van der Waals surface area contributed by atoms with Crippen LogP contribution in [-0.4, -0.2) is 55.1 Å². The van der Waals surface area contributed by atoms with Gasteiger partial charge in [-0.1, -0.05) is 17.7 Å². The minimum Gasteiger partial charge on any atom is -0.354 e. The summed E-state index contributed by atoms with van der Waals surface area (Å²) in [4.78, 5) is 21.1. The summed E-state index contributed by atoms with van der Waals surface area (Å²) in [5.41, 5.74) is 0.638. The van der Waals surface area contributed by atoms with E-state index >= 15 is 0 Å². The van der Waals surface area contributed by atoms with Gasteiger partial charge >= 0.3 is 0 Å². The number of carbonyl (C=O) groups excluding carboxylic acids is 1. The molecule has 0 spiro atoms. The number of amides is 1. The molecule has 0 aliphatic carbocycles. The fourth-order valence-corrected chi connectivity index (χ4v) is 2.90. The average molecular weight is 345 g/mol. The lowest BCUT2D eigenvalue weighted by Crippen LogP contribution is -2.48. The van der Waals surface area contributed by atoms with E-state index in [-0.39, 0.29) is 5.91 Å². The second-order valence-corrected chi connectivity index (χ2v) is 6.22. The number of nitrogens with zero attached hydrogens (tertiary/aromatic N) is 3. The Bertz CT molecular complexity index is 654. The highest BCUT2D eigenvalue weighted by atomic mass is 35.5. The first-order valence-corrected chi connectivity index (χ1v) is 8.52. The Morgan fingerprint density at radius 2 is 1.83 bits per heavy atom. The van der Waals surface area contributed by atoms with E-state index < -0.39 is 0 Å². The first-order valence-electron chi connectivity index (χ1n) is 8.14. The molecule has 1 N–H and O–H groups in total. The van der Waals surface area contributed by atoms with Crippen LogP contribution in [0.5, 0.6) is 0 Å². The van der Waals surface area contributed by atoms with Crippen LogP contribution in [0.25, 0.3) is 0 Å². The third kappa shape index (κ3) is 4.46. The third-order valence-corrected chi connectivity index (χ3v) is 4.42. The Morgan fingerprint density at radius 1 is 1.08 bits per heavy atom. The fourth-order valence-electron chi connectivity index (χ4n) is 2.77. The van der Waals surface area contributed by atoms with Crippen LogP contribution in [0.4, 0.5) is 5.82 Å². The molecular formula is C18H21ClN4O. The largest absolute Gasteiger partial charge is 0.354 e. The summed E-state index contributed by atoms with van der Waals surface area (Å²) in [6.45, 7) is 5.38. The molecule has 3 rings (SSSR count). The van der Waals surface area contributed by atoms with Gasteiger partial charge in [0, 0.05) is 56.1 Å². The molecule has 1 aromatic heterocycles. The monoisotopic (exact) mass is 344 g/mol. The van der Waals surface area contributed by atoms with Gasteiger partial charge in [-0.25, -0.2) is 4.98 Å². The first-order chi connectivity index (χ1) is 11.7. The van der Waals surface area contributed by atoms with E-state index in [1.54, 1.807) is 24.3 Å². The molecule has 6 heteroatoms. The highest BCUT2D eigenvalue weighted by Crippen LogP contribution is 2.12. The standard InChI is InChI=1S/C18H21ClN4O/c19-16-6-4-15(5-7-16)18(24)21-9-10-22-11-13-23(14-12-22)17-3-1-2-8-20-17/h1-8H,9-14H2,(H,21,24). The summed E-state index contributed by atoms with van der Waals surface area (Å²) in [7, 11) is 0. The van der Waals surface area contributed by atoms with Crippen molar-refractivity contribution in [2.45, 2.75) is 0 Å². The molecule has 126 valence electrons. The Balaban J connectivity index is 1.39. The van der Waals surface area contributed by atoms with Crippen molar-refractivity contribution in [3.8, 4) is 0 Å². The molecule has 1 aliphatic heterocycles. The van der Waals surface area contributed by atoms with Gasteiger partial charge in [-0.05, 0) is 36.4 Å². The number of benzene rings is 1. The minimum atomic E-state index is -0.0567. The number of halogens is 1. The molecule has 1 saturated heterocycles. The SMILES string of the molecule is O=C(NCCN1CCN(c2ccccn2)CC1)c1ccc(Cl)cc1. The number of carbonyl (C=O) groups is 1. The van der Waals surface area contributed by atoms with Crippen LogP contribution in [0.15, 0.2) is 48.7 Å². The number of hydrogen-bond donors (Lipinski definition) is 1. The van der Waals surface area contributed by atoms with Gasteiger partial charge in [-0.2, -0.15) is 0 Å². The van der Waals surface area contributed by atoms with Crippen LogP contribution in [-0.2, 0) is 0 Å². The lowest BCUT2D eigenvalue weighted by atomic mass is 10.2. The number of nitrogens with one attached hydrogen (secondary N) is 1. The molecule has 1 aliphatic rings. The predicted molar refractivity (Wildman–Crippen MR) is 96.7 cm³/mol. The number of hydrogen-bond acceptors (Lipinski definition) is 4. The molecule has 2 heterocycles. The molecule has 1 fully saturated rings. The van der Waals surface area contributed by atoms with Crippen molar-refractivity contribution < 1.29 is 4.79 Å². The molecule has 1 aromatic carbocycles. The van der Waals surface area contributed by atoms with E-state index in [9.17, 15) is 4.79 Å². The highest BCUT2D eigenvalue weighted by Gasteiger charge is 2.17. The zero-order valence-electron chi connectivity index (χ0n) is 13.5. The van der Waals surface area contributed by atoms with E-state index in [1.807, 2.05) is 24.4 Å². The molecule has 0 atom stereocenters. The Kier molecular flexibility index (Phi) is 5.67. The normalized spacial score (nSPS) is 15.3. The van der Waals surface area contributed by atoms with Crippen LogP contribution in [0.3, 0.4) is 0 Å². The average Bonchev–Trinajstić information content (AvgIpc) is 2.63. The lowest BCUT2D eigenvalue weighted by molar-refractivity contribution is 0.0948. The van der Waals surface area contributed by atoms with Crippen molar-refractivity contribution in [3.05, 3.63) is 59.2 Å². The van der Waals surface area contributed by atoms with E-state index in [4.69, 9.17) is 11.6 Å². The molecule has 0 saturated carbocycles. The van der Waals surface area contributed by atoms with Crippen molar-refractivity contribution in [1.82, 2.24) is 15.2 Å². The number of aromatic nitrogens is 1. The van der Waals surface area contributed by atoms with Gasteiger partial charge in [0.15, 0.2) is 0 Å². The molecule has 5 nitrogen and oxygen atoms in total. The van der Waals surface area contributed by atoms with Gasteiger partial charge in [0.05, 0.1) is 0 Å². The molecule has 0 bridgehead atoms. The van der Waals surface area contributed by atoms with Crippen LogP contribution in [0.2, 0.25) is 5.02 Å². The summed E-state index contributed by atoms with van der Waals surface area (Å²) in [5, 5.41) is 3.60. The predicted octanol–water partition coefficient (Wildman–Crippen LogP) is 2.29. The maximum absolute atomic E-state index is 12.0. The topological polar surface area (TPSA) is 48.5 Å². The van der Waals surface area contributed by atoms with Crippen molar-refractivity contribution in [2.24, 2.45) is 0 Å². The number of pyridine rings is 1. The van der Waals surface area contributed by atoms with Gasteiger partial charge in [0.1, 0.15) is 5.82 Å². The van der Waals surface area contributed by atoms with E-state index in [0.29, 0.717) is 17.1 Å². The quantitative estimate of drug-likeness (QED) is 0.904. The summed E-state index contributed by atoms with van der Waals surface area (Å²) in [5.74, 6) is 0.979. The third-order valence-electron chi connectivity index (χ3n) is 4.17. The summed E-state index contributed by atoms with van der Waals surface area (Å²) < 4.78 is 0. The summed E-state index contributed by atoms with van der Waals surface area (Å²) in [6, 6.07) is 12.9. The number of piperazine rings is 1. The maximum Gasteiger partial charge on any atom is 0.251 e. The first kappa shape index (κ1) is 16.7. The van der Waals surface area contributed by atoms with Crippen LogP contribution < -0.4 is 10.2 Å². The molecule has 0 unspecified atom stereocenters. The van der Waals surface area contributed by atoms with Gasteiger partial charge < -0.3 is 10.2 Å². The zero-order valence-corrected chi connectivity index (χ0v) is 14.2. The van der Waals surface area contributed by atoms with Crippen LogP contribution >= 0.6 is 11.6 Å². The van der Waals surface area contributed by atoms with E-state index in [0.717, 1.165) is 38.5 Å². The Hall–Kier alpha value is -2.11. The lowest BCUT2D eigenvalue weighted by Gasteiger charge is -2.35. The Morgan fingerprint density at radius 3 is 2.50 bits per heavy atom. The van der Waals surface area contributed by atoms with Gasteiger partial charge in [-0.3, -0.25) is 9.69 Å². The second kappa shape index (κ2) is 8.13. The Labute approximate surface area is 147 Å². The maximum atomic E-state index is 12.0. The number of anilines is 1. The van der Waals surface area contributed by atoms with Gasteiger partial charge in [0.25, 0.3) is 5.91 Å².